The van der Waals surface area contributed by atoms with Crippen LogP contribution in [0.3, 0.4) is 0 Å². The quantitative estimate of drug-likeness (QED) is 0.517. The molecule has 3 aromatic rings. The molecule has 0 aliphatic heterocycles. The van der Waals surface area contributed by atoms with Gasteiger partial charge in [0.15, 0.2) is 0 Å². The highest BCUT2D eigenvalue weighted by Crippen LogP contribution is 2.35. The third-order valence-electron chi connectivity index (χ3n) is 5.57. The van der Waals surface area contributed by atoms with Crippen LogP contribution < -0.4 is 16.4 Å². The molecule has 4 N–H and O–H groups in total. The molecule has 7 nitrogen and oxygen atoms in total. The van der Waals surface area contributed by atoms with E-state index in [-0.39, 0.29) is 23.4 Å². The van der Waals surface area contributed by atoms with E-state index in [4.69, 9.17) is 15.1 Å². The number of anilines is 2. The molecule has 10 heteroatoms. The van der Waals surface area contributed by atoms with Gasteiger partial charge in [0, 0.05) is 23.2 Å². The lowest BCUT2D eigenvalue weighted by atomic mass is 9.84. The first-order chi connectivity index (χ1) is 14.9. The van der Waals surface area contributed by atoms with Gasteiger partial charge in [-0.15, -0.1) is 5.10 Å². The third-order valence-corrected chi connectivity index (χ3v) is 5.57. The number of nitrogens with two attached hydrogens (primary N) is 1. The van der Waals surface area contributed by atoms with Crippen molar-refractivity contribution in [3.05, 3.63) is 29.3 Å². The summed E-state index contributed by atoms with van der Waals surface area (Å²) < 4.78 is 43.9. The summed E-state index contributed by atoms with van der Waals surface area (Å²) in [5.74, 6) is 0.278. The molecule has 32 heavy (non-hydrogen) atoms. The lowest BCUT2D eigenvalue weighted by Crippen LogP contribution is -2.44. The van der Waals surface area contributed by atoms with Crippen LogP contribution in [-0.2, 0) is 5.41 Å². The Balaban J connectivity index is 1.71. The SMILES string of the molecule is Cc1cc(-c2nnc(N[C@H]3C[C@@H](N)C3)o2)nc2c(C(C)(C)C)cc(NCC(F)(F)F)cc12. The van der Waals surface area contributed by atoms with E-state index in [1.165, 1.54) is 0 Å². The van der Waals surface area contributed by atoms with Gasteiger partial charge in [0.05, 0.1) is 5.52 Å². The van der Waals surface area contributed by atoms with E-state index in [2.05, 4.69) is 20.8 Å². The first-order valence-electron chi connectivity index (χ1n) is 10.5. The molecule has 1 fully saturated rings. The Morgan fingerprint density at radius 3 is 2.47 bits per heavy atom. The van der Waals surface area contributed by atoms with Crippen molar-refractivity contribution in [3.8, 4) is 11.6 Å². The van der Waals surface area contributed by atoms with Crippen molar-refractivity contribution in [3.63, 3.8) is 0 Å². The van der Waals surface area contributed by atoms with Crippen molar-refractivity contribution < 1.29 is 17.6 Å². The van der Waals surface area contributed by atoms with Crippen LogP contribution in [0.2, 0.25) is 0 Å². The van der Waals surface area contributed by atoms with Crippen molar-refractivity contribution in [1.82, 2.24) is 15.2 Å². The maximum absolute atomic E-state index is 12.7. The Morgan fingerprint density at radius 2 is 1.84 bits per heavy atom. The van der Waals surface area contributed by atoms with E-state index in [0.717, 1.165) is 29.4 Å². The maximum atomic E-state index is 12.7. The molecular weight excluding hydrogens is 421 g/mol. The molecule has 4 rings (SSSR count). The molecule has 0 saturated heterocycles. The third kappa shape index (κ3) is 4.79. The van der Waals surface area contributed by atoms with Gasteiger partial charge in [-0.05, 0) is 54.5 Å². The highest BCUT2D eigenvalue weighted by atomic mass is 19.4. The predicted molar refractivity (Wildman–Crippen MR) is 118 cm³/mol. The number of aromatic nitrogens is 3. The van der Waals surface area contributed by atoms with Crippen molar-refractivity contribution >= 4 is 22.6 Å². The fraction of sp³-hybridized carbons (Fsp3) is 0.500. The van der Waals surface area contributed by atoms with Gasteiger partial charge in [0.25, 0.3) is 5.89 Å². The van der Waals surface area contributed by atoms with Crippen LogP contribution in [-0.4, -0.2) is 40.0 Å². The summed E-state index contributed by atoms with van der Waals surface area (Å²) in [4.78, 5) is 4.77. The number of alkyl halides is 3. The Bertz CT molecular complexity index is 1130. The van der Waals surface area contributed by atoms with E-state index >= 15 is 0 Å². The summed E-state index contributed by atoms with van der Waals surface area (Å²) in [6.45, 7) is 6.78. The second-order valence-electron chi connectivity index (χ2n) is 9.45. The van der Waals surface area contributed by atoms with Crippen molar-refractivity contribution in [2.75, 3.05) is 17.2 Å². The second-order valence-corrected chi connectivity index (χ2v) is 9.45. The monoisotopic (exact) mass is 448 g/mol. The van der Waals surface area contributed by atoms with Gasteiger partial charge < -0.3 is 20.8 Å². The van der Waals surface area contributed by atoms with Gasteiger partial charge in [0.1, 0.15) is 12.2 Å². The molecule has 0 atom stereocenters. The molecular formula is C22H27F3N6O. The van der Waals surface area contributed by atoms with Crippen molar-refractivity contribution in [2.45, 2.75) is 64.2 Å². The van der Waals surface area contributed by atoms with Gasteiger partial charge in [-0.2, -0.15) is 13.2 Å². The standard InChI is InChI=1S/C22H27F3N6O/c1-11-5-17(19-30-31-20(32-19)28-14-6-12(26)7-14)29-18-15(11)8-13(27-10-22(23,24)25)9-16(18)21(2,3)4/h5,8-9,12,14,27H,6-7,10,26H2,1-4H3,(H,28,31)/t12-,14+. The van der Waals surface area contributed by atoms with E-state index in [9.17, 15) is 13.2 Å². The molecule has 1 aliphatic rings. The maximum Gasteiger partial charge on any atom is 0.405 e. The van der Waals surface area contributed by atoms with E-state index in [0.29, 0.717) is 22.9 Å². The van der Waals surface area contributed by atoms with Crippen molar-refractivity contribution in [2.24, 2.45) is 5.73 Å². The van der Waals surface area contributed by atoms with Crippen LogP contribution in [0.15, 0.2) is 22.6 Å². The number of nitrogens with zero attached hydrogens (tertiary/aromatic N) is 3. The number of pyridine rings is 1. The fourth-order valence-electron chi connectivity index (χ4n) is 3.82. The van der Waals surface area contributed by atoms with Crippen LogP contribution in [0.5, 0.6) is 0 Å². The summed E-state index contributed by atoms with van der Waals surface area (Å²) in [5.41, 5.74) is 8.75. The lowest BCUT2D eigenvalue weighted by molar-refractivity contribution is -0.115. The molecule has 0 bridgehead atoms. The Labute approximate surface area is 184 Å². The second kappa shape index (κ2) is 7.91. The molecule has 1 saturated carbocycles. The highest BCUT2D eigenvalue weighted by Gasteiger charge is 2.29. The number of hydrogen-bond donors (Lipinski definition) is 3. The molecule has 2 aromatic heterocycles. The number of nitrogens with one attached hydrogen (secondary N) is 2. The average molecular weight is 448 g/mol. The van der Waals surface area contributed by atoms with Gasteiger partial charge in [0.2, 0.25) is 0 Å². The minimum absolute atomic E-state index is 0.200. The zero-order valence-electron chi connectivity index (χ0n) is 18.5. The first-order valence-corrected chi connectivity index (χ1v) is 10.5. The van der Waals surface area contributed by atoms with Crippen LogP contribution in [0, 0.1) is 6.92 Å². The van der Waals surface area contributed by atoms with E-state index in [1.807, 2.05) is 27.7 Å². The summed E-state index contributed by atoms with van der Waals surface area (Å²) in [5, 5.41) is 14.6. The Hall–Kier alpha value is -2.88. The van der Waals surface area contributed by atoms with Gasteiger partial charge in [-0.25, -0.2) is 4.98 Å². The number of fused-ring (bicyclic) bond motifs is 1. The number of aryl methyl sites for hydroxylation is 1. The van der Waals surface area contributed by atoms with Gasteiger partial charge >= 0.3 is 12.2 Å². The molecule has 1 aromatic carbocycles. The molecule has 2 heterocycles. The molecule has 0 radical (unpaired) electrons. The predicted octanol–water partition coefficient (Wildman–Crippen LogP) is 4.77. The largest absolute Gasteiger partial charge is 0.405 e. The summed E-state index contributed by atoms with van der Waals surface area (Å²) >= 11 is 0. The summed E-state index contributed by atoms with van der Waals surface area (Å²) in [7, 11) is 0. The number of rotatable bonds is 5. The Morgan fingerprint density at radius 1 is 1.12 bits per heavy atom. The number of halogens is 3. The first kappa shape index (κ1) is 22.3. The number of hydrogen-bond acceptors (Lipinski definition) is 7. The minimum atomic E-state index is -4.30. The van der Waals surface area contributed by atoms with Crippen LogP contribution in [0.1, 0.15) is 44.7 Å². The summed E-state index contributed by atoms with van der Waals surface area (Å²) in [6, 6.07) is 5.97. The van der Waals surface area contributed by atoms with Crippen molar-refractivity contribution in [1.29, 1.82) is 0 Å². The number of benzene rings is 1. The molecule has 0 amide bonds. The minimum Gasteiger partial charge on any atom is -0.402 e. The fourth-order valence-corrected chi connectivity index (χ4v) is 3.82. The zero-order chi connectivity index (χ0) is 23.3. The van der Waals surface area contributed by atoms with Crippen LogP contribution in [0.4, 0.5) is 24.9 Å². The normalized spacial score (nSPS) is 19.1. The molecule has 0 spiro atoms. The Kier molecular flexibility index (Phi) is 5.52. The van der Waals surface area contributed by atoms with E-state index < -0.39 is 12.7 Å². The summed E-state index contributed by atoms with van der Waals surface area (Å²) in [6.07, 6.45) is -2.60. The van der Waals surface area contributed by atoms with E-state index in [1.54, 1.807) is 18.2 Å². The zero-order valence-corrected chi connectivity index (χ0v) is 18.5. The molecule has 0 unspecified atom stereocenters. The van der Waals surface area contributed by atoms with Crippen LogP contribution >= 0.6 is 0 Å². The molecule has 172 valence electrons. The average Bonchev–Trinajstić information content (AvgIpc) is 3.12. The van der Waals surface area contributed by atoms with Crippen LogP contribution in [0.25, 0.3) is 22.5 Å². The molecule has 1 aliphatic carbocycles. The highest BCUT2D eigenvalue weighted by molar-refractivity contribution is 5.90. The smallest absolute Gasteiger partial charge is 0.402 e. The van der Waals surface area contributed by atoms with Gasteiger partial charge in [-0.3, -0.25) is 0 Å². The topological polar surface area (TPSA) is 102 Å². The van der Waals surface area contributed by atoms with Gasteiger partial charge in [-0.1, -0.05) is 25.9 Å². The lowest BCUT2D eigenvalue weighted by Gasteiger charge is -2.32.